The normalized spacial score (nSPS) is 9.59. The Labute approximate surface area is 106 Å². The summed E-state index contributed by atoms with van der Waals surface area (Å²) in [5, 5.41) is 5.89. The number of hydrogen-bond donors (Lipinski definition) is 2. The highest BCUT2D eigenvalue weighted by molar-refractivity contribution is 6.31. The second-order valence-corrected chi connectivity index (χ2v) is 3.83. The van der Waals surface area contributed by atoms with Gasteiger partial charge in [-0.2, -0.15) is 0 Å². The zero-order chi connectivity index (χ0) is 12.8. The molecule has 1 rings (SSSR count). The predicted octanol–water partition coefficient (Wildman–Crippen LogP) is 2.96. The first kappa shape index (κ1) is 13.4. The molecular weight excluding hydrogens is 240 g/mol. The van der Waals surface area contributed by atoms with Crippen LogP contribution in [0.4, 0.5) is 10.5 Å². The molecule has 0 aliphatic carbocycles. The van der Waals surface area contributed by atoms with Crippen LogP contribution in [0.25, 0.3) is 0 Å². The van der Waals surface area contributed by atoms with Crippen LogP contribution in [0.15, 0.2) is 24.8 Å². The molecule has 4 nitrogen and oxygen atoms in total. The number of aryl methyl sites for hydroxylation is 1. The second kappa shape index (κ2) is 6.15. The minimum absolute atomic E-state index is 0.315. The van der Waals surface area contributed by atoms with Gasteiger partial charge in [-0.1, -0.05) is 17.7 Å². The van der Waals surface area contributed by atoms with Crippen molar-refractivity contribution in [3.05, 3.63) is 35.4 Å². The largest absolute Gasteiger partial charge is 0.495 e. The zero-order valence-electron chi connectivity index (χ0n) is 9.84. The van der Waals surface area contributed by atoms with E-state index in [2.05, 4.69) is 17.2 Å². The molecule has 0 aromatic heterocycles. The summed E-state index contributed by atoms with van der Waals surface area (Å²) in [6, 6.07) is 3.11. The van der Waals surface area contributed by atoms with Gasteiger partial charge < -0.3 is 15.4 Å². The Kier molecular flexibility index (Phi) is 4.84. The molecule has 0 heterocycles. The molecule has 17 heavy (non-hydrogen) atoms. The summed E-state index contributed by atoms with van der Waals surface area (Å²) in [7, 11) is 1.52. The number of nitrogens with one attached hydrogen (secondary N) is 2. The molecule has 92 valence electrons. The van der Waals surface area contributed by atoms with E-state index < -0.39 is 0 Å². The third kappa shape index (κ3) is 3.67. The lowest BCUT2D eigenvalue weighted by Crippen LogP contribution is -2.28. The number of hydrogen-bond acceptors (Lipinski definition) is 2. The Hall–Kier alpha value is -1.68. The number of rotatable bonds is 4. The van der Waals surface area contributed by atoms with Crippen molar-refractivity contribution in [1.82, 2.24) is 5.32 Å². The number of carbonyl (C=O) groups excluding carboxylic acids is 1. The van der Waals surface area contributed by atoms with Crippen molar-refractivity contribution in [2.75, 3.05) is 19.0 Å². The van der Waals surface area contributed by atoms with Gasteiger partial charge in [0.05, 0.1) is 12.8 Å². The Morgan fingerprint density at radius 3 is 2.88 bits per heavy atom. The van der Waals surface area contributed by atoms with Crippen LogP contribution in [0.5, 0.6) is 5.75 Å². The first-order chi connectivity index (χ1) is 8.08. The number of anilines is 1. The Bertz CT molecular complexity index is 433. The van der Waals surface area contributed by atoms with Crippen molar-refractivity contribution in [1.29, 1.82) is 0 Å². The number of halogens is 1. The van der Waals surface area contributed by atoms with Crippen molar-refractivity contribution >= 4 is 23.3 Å². The highest BCUT2D eigenvalue weighted by Gasteiger charge is 2.09. The van der Waals surface area contributed by atoms with E-state index in [1.807, 2.05) is 6.92 Å². The fraction of sp³-hybridized carbons (Fsp3) is 0.250. The summed E-state index contributed by atoms with van der Waals surface area (Å²) >= 11 is 5.96. The lowest BCUT2D eigenvalue weighted by Gasteiger charge is -2.12. The molecule has 0 radical (unpaired) electrons. The van der Waals surface area contributed by atoms with Gasteiger partial charge >= 0.3 is 6.03 Å². The third-order valence-corrected chi connectivity index (χ3v) is 2.54. The number of benzene rings is 1. The van der Waals surface area contributed by atoms with Crippen molar-refractivity contribution in [3.63, 3.8) is 0 Å². The molecule has 0 aliphatic rings. The van der Waals surface area contributed by atoms with Gasteiger partial charge in [0.2, 0.25) is 0 Å². The van der Waals surface area contributed by atoms with E-state index in [1.54, 1.807) is 18.2 Å². The van der Waals surface area contributed by atoms with Crippen LogP contribution >= 0.6 is 11.6 Å². The SMILES string of the molecule is C=CCNC(=O)Nc1cc(C)c(Cl)cc1OC. The summed E-state index contributed by atoms with van der Waals surface area (Å²) in [5.74, 6) is 0.523. The van der Waals surface area contributed by atoms with Crippen LogP contribution in [-0.4, -0.2) is 19.7 Å². The quantitative estimate of drug-likeness (QED) is 0.812. The molecule has 2 N–H and O–H groups in total. The van der Waals surface area contributed by atoms with Gasteiger partial charge in [0.1, 0.15) is 5.75 Å². The van der Waals surface area contributed by atoms with Crippen LogP contribution in [-0.2, 0) is 0 Å². The van der Waals surface area contributed by atoms with Crippen molar-refractivity contribution in [2.45, 2.75) is 6.92 Å². The summed E-state index contributed by atoms with van der Waals surface area (Å²) in [6.45, 7) is 5.77. The van der Waals surface area contributed by atoms with E-state index in [0.29, 0.717) is 23.0 Å². The molecule has 0 bridgehead atoms. The molecule has 0 saturated carbocycles. The van der Waals surface area contributed by atoms with Gasteiger partial charge in [-0.3, -0.25) is 0 Å². The molecule has 0 saturated heterocycles. The molecule has 0 aliphatic heterocycles. The first-order valence-electron chi connectivity index (χ1n) is 5.08. The second-order valence-electron chi connectivity index (χ2n) is 3.43. The minimum atomic E-state index is -0.315. The van der Waals surface area contributed by atoms with Gasteiger partial charge in [-0.25, -0.2) is 4.79 Å². The fourth-order valence-corrected chi connectivity index (χ4v) is 1.41. The van der Waals surface area contributed by atoms with Crippen LogP contribution in [0, 0.1) is 6.92 Å². The lowest BCUT2D eigenvalue weighted by atomic mass is 10.2. The summed E-state index contributed by atoms with van der Waals surface area (Å²) < 4.78 is 5.14. The van der Waals surface area contributed by atoms with E-state index >= 15 is 0 Å². The standard InChI is InChI=1S/C12H15ClN2O2/c1-4-5-14-12(16)15-10-6-8(2)9(13)7-11(10)17-3/h4,6-7H,1,5H2,2-3H3,(H2,14,15,16). The summed E-state index contributed by atoms with van der Waals surface area (Å²) in [6.07, 6.45) is 1.60. The Morgan fingerprint density at radius 2 is 2.29 bits per heavy atom. The molecular formula is C12H15ClN2O2. The Morgan fingerprint density at radius 1 is 1.59 bits per heavy atom. The maximum absolute atomic E-state index is 11.5. The number of carbonyl (C=O) groups is 1. The topological polar surface area (TPSA) is 50.4 Å². The van der Waals surface area contributed by atoms with Gasteiger partial charge in [0.25, 0.3) is 0 Å². The molecule has 0 atom stereocenters. The minimum Gasteiger partial charge on any atom is -0.495 e. The van der Waals surface area contributed by atoms with Gasteiger partial charge in [-0.05, 0) is 18.6 Å². The molecule has 5 heteroatoms. The average Bonchev–Trinajstić information content (AvgIpc) is 2.31. The first-order valence-corrected chi connectivity index (χ1v) is 5.46. The number of amides is 2. The van der Waals surface area contributed by atoms with Crippen LogP contribution < -0.4 is 15.4 Å². The van der Waals surface area contributed by atoms with Crippen molar-refractivity contribution in [2.24, 2.45) is 0 Å². The lowest BCUT2D eigenvalue weighted by molar-refractivity contribution is 0.253. The van der Waals surface area contributed by atoms with Crippen LogP contribution in [0.2, 0.25) is 5.02 Å². The fourth-order valence-electron chi connectivity index (χ4n) is 1.26. The number of methoxy groups -OCH3 is 1. The predicted molar refractivity (Wildman–Crippen MR) is 70.0 cm³/mol. The smallest absolute Gasteiger partial charge is 0.319 e. The average molecular weight is 255 g/mol. The van der Waals surface area contributed by atoms with E-state index in [4.69, 9.17) is 16.3 Å². The highest BCUT2D eigenvalue weighted by atomic mass is 35.5. The Balaban J connectivity index is 2.85. The van der Waals surface area contributed by atoms with Crippen molar-refractivity contribution in [3.8, 4) is 5.75 Å². The maximum atomic E-state index is 11.5. The monoisotopic (exact) mass is 254 g/mol. The van der Waals surface area contributed by atoms with Gasteiger partial charge in [0, 0.05) is 17.6 Å². The molecule has 1 aromatic rings. The molecule has 1 aromatic carbocycles. The molecule has 2 amide bonds. The third-order valence-electron chi connectivity index (χ3n) is 2.14. The van der Waals surface area contributed by atoms with E-state index in [-0.39, 0.29) is 6.03 Å². The molecule has 0 fully saturated rings. The van der Waals surface area contributed by atoms with Gasteiger partial charge in [-0.15, -0.1) is 6.58 Å². The van der Waals surface area contributed by atoms with E-state index in [9.17, 15) is 4.79 Å². The number of urea groups is 1. The summed E-state index contributed by atoms with van der Waals surface area (Å²) in [5.41, 5.74) is 1.45. The number of ether oxygens (including phenoxy) is 1. The molecule has 0 unspecified atom stereocenters. The zero-order valence-corrected chi connectivity index (χ0v) is 10.6. The van der Waals surface area contributed by atoms with Gasteiger partial charge in [0.15, 0.2) is 0 Å². The summed E-state index contributed by atoms with van der Waals surface area (Å²) in [4.78, 5) is 11.5. The van der Waals surface area contributed by atoms with E-state index in [0.717, 1.165) is 5.56 Å². The molecule has 0 spiro atoms. The van der Waals surface area contributed by atoms with Crippen LogP contribution in [0.3, 0.4) is 0 Å². The van der Waals surface area contributed by atoms with Crippen molar-refractivity contribution < 1.29 is 9.53 Å². The van der Waals surface area contributed by atoms with Crippen LogP contribution in [0.1, 0.15) is 5.56 Å². The highest BCUT2D eigenvalue weighted by Crippen LogP contribution is 2.30. The van der Waals surface area contributed by atoms with E-state index in [1.165, 1.54) is 7.11 Å². The maximum Gasteiger partial charge on any atom is 0.319 e.